The van der Waals surface area contributed by atoms with Gasteiger partial charge in [-0.25, -0.2) is 9.37 Å². The Labute approximate surface area is 139 Å². The molecular weight excluding hydrogens is 307 g/mol. The van der Waals surface area contributed by atoms with Crippen LogP contribution in [0.3, 0.4) is 0 Å². The van der Waals surface area contributed by atoms with Crippen LogP contribution in [0.5, 0.6) is 0 Å². The molecule has 1 saturated heterocycles. The van der Waals surface area contributed by atoms with Gasteiger partial charge in [0.15, 0.2) is 0 Å². The van der Waals surface area contributed by atoms with Gasteiger partial charge in [0.05, 0.1) is 29.9 Å². The van der Waals surface area contributed by atoms with Gasteiger partial charge < -0.3 is 19.9 Å². The first-order valence-electron chi connectivity index (χ1n) is 8.09. The van der Waals surface area contributed by atoms with E-state index in [4.69, 9.17) is 4.74 Å². The van der Waals surface area contributed by atoms with Crippen LogP contribution in [0.1, 0.15) is 5.56 Å². The zero-order valence-electron chi connectivity index (χ0n) is 13.3. The molecule has 4 rings (SSSR count). The van der Waals surface area contributed by atoms with Crippen molar-refractivity contribution in [2.45, 2.75) is 6.54 Å². The van der Waals surface area contributed by atoms with Crippen LogP contribution in [0.25, 0.3) is 11.0 Å². The molecule has 2 N–H and O–H groups in total. The van der Waals surface area contributed by atoms with Crippen LogP contribution in [0, 0.1) is 5.82 Å². The molecule has 0 atom stereocenters. The van der Waals surface area contributed by atoms with Crippen LogP contribution >= 0.6 is 0 Å². The number of aromatic nitrogens is 2. The number of imidazole rings is 1. The molecule has 0 bridgehead atoms. The molecule has 1 aromatic heterocycles. The maximum Gasteiger partial charge on any atom is 0.201 e. The van der Waals surface area contributed by atoms with Gasteiger partial charge in [-0.15, -0.1) is 0 Å². The topological polar surface area (TPSA) is 53.2 Å². The Morgan fingerprint density at radius 3 is 2.79 bits per heavy atom. The molecule has 2 aromatic carbocycles. The summed E-state index contributed by atoms with van der Waals surface area (Å²) in [6.07, 6.45) is 0. The predicted molar refractivity (Wildman–Crippen MR) is 92.9 cm³/mol. The lowest BCUT2D eigenvalue weighted by atomic mass is 10.1. The lowest BCUT2D eigenvalue weighted by Crippen LogP contribution is -2.36. The number of ether oxygens (including phenoxy) is 1. The Morgan fingerprint density at radius 1 is 1.17 bits per heavy atom. The number of anilines is 2. The van der Waals surface area contributed by atoms with Crippen molar-refractivity contribution >= 4 is 22.7 Å². The largest absolute Gasteiger partial charge is 0.378 e. The molecule has 5 nitrogen and oxygen atoms in total. The average Bonchev–Trinajstić information content (AvgIpc) is 3.04. The van der Waals surface area contributed by atoms with Gasteiger partial charge in [0.2, 0.25) is 5.95 Å². The third-order valence-corrected chi connectivity index (χ3v) is 4.21. The van der Waals surface area contributed by atoms with Crippen LogP contribution in [-0.2, 0) is 11.3 Å². The van der Waals surface area contributed by atoms with Crippen molar-refractivity contribution in [3.8, 4) is 0 Å². The summed E-state index contributed by atoms with van der Waals surface area (Å²) in [7, 11) is 0. The molecule has 0 aliphatic carbocycles. The monoisotopic (exact) mass is 326 g/mol. The molecule has 0 unspecified atom stereocenters. The smallest absolute Gasteiger partial charge is 0.201 e. The van der Waals surface area contributed by atoms with E-state index < -0.39 is 0 Å². The molecule has 0 amide bonds. The Kier molecular flexibility index (Phi) is 4.04. The average molecular weight is 326 g/mol. The van der Waals surface area contributed by atoms with E-state index in [1.807, 2.05) is 41.3 Å². The van der Waals surface area contributed by atoms with Crippen LogP contribution in [0.15, 0.2) is 42.5 Å². The van der Waals surface area contributed by atoms with Crippen molar-refractivity contribution in [1.82, 2.24) is 9.97 Å². The summed E-state index contributed by atoms with van der Waals surface area (Å²) in [6.45, 7) is 3.27. The first-order chi connectivity index (χ1) is 11.8. The van der Waals surface area contributed by atoms with Gasteiger partial charge in [-0.3, -0.25) is 0 Å². The summed E-state index contributed by atoms with van der Waals surface area (Å²) >= 11 is 0. The molecule has 1 aliphatic heterocycles. The predicted octanol–water partition coefficient (Wildman–Crippen LogP) is 3.15. The molecule has 124 valence electrons. The molecule has 0 radical (unpaired) electrons. The summed E-state index contributed by atoms with van der Waals surface area (Å²) in [5.74, 6) is 0.495. The van der Waals surface area contributed by atoms with Crippen LogP contribution in [-0.4, -0.2) is 36.3 Å². The molecule has 2 heterocycles. The number of fused-ring (bicyclic) bond motifs is 1. The fourth-order valence-corrected chi connectivity index (χ4v) is 2.94. The number of halogens is 1. The maximum absolute atomic E-state index is 14.4. The van der Waals surface area contributed by atoms with E-state index >= 15 is 0 Å². The first-order valence-corrected chi connectivity index (χ1v) is 8.09. The Hall–Kier alpha value is -2.60. The number of morpholine rings is 1. The summed E-state index contributed by atoms with van der Waals surface area (Å²) in [5, 5.41) is 3.21. The lowest BCUT2D eigenvalue weighted by molar-refractivity contribution is 0.122. The fourth-order valence-electron chi connectivity index (χ4n) is 2.94. The molecule has 6 heteroatoms. The quantitative estimate of drug-likeness (QED) is 0.773. The third kappa shape index (κ3) is 3.05. The fraction of sp³-hybridized carbons (Fsp3) is 0.278. The van der Waals surface area contributed by atoms with Gasteiger partial charge >= 0.3 is 0 Å². The zero-order chi connectivity index (χ0) is 16.4. The van der Waals surface area contributed by atoms with Crippen molar-refractivity contribution in [3.63, 3.8) is 0 Å². The molecular formula is C18H19FN4O. The van der Waals surface area contributed by atoms with E-state index in [1.54, 1.807) is 6.07 Å². The minimum Gasteiger partial charge on any atom is -0.378 e. The van der Waals surface area contributed by atoms with Crippen molar-refractivity contribution in [2.75, 3.05) is 36.5 Å². The Morgan fingerprint density at radius 2 is 2.00 bits per heavy atom. The second-order valence-electron chi connectivity index (χ2n) is 5.84. The van der Waals surface area contributed by atoms with Crippen LogP contribution < -0.4 is 10.2 Å². The van der Waals surface area contributed by atoms with E-state index in [1.165, 1.54) is 0 Å². The molecule has 1 fully saturated rings. The van der Waals surface area contributed by atoms with Crippen LogP contribution in [0.4, 0.5) is 16.0 Å². The van der Waals surface area contributed by atoms with Crippen molar-refractivity contribution in [2.24, 2.45) is 0 Å². The first kappa shape index (κ1) is 15.0. The summed E-state index contributed by atoms with van der Waals surface area (Å²) in [5.41, 5.74) is 3.42. The number of hydrogen-bond donors (Lipinski definition) is 2. The number of nitrogens with zero attached hydrogens (tertiary/aromatic N) is 2. The minimum absolute atomic E-state index is 0.194. The van der Waals surface area contributed by atoms with Gasteiger partial charge in [0.25, 0.3) is 0 Å². The van der Waals surface area contributed by atoms with Gasteiger partial charge in [0, 0.05) is 19.6 Å². The summed E-state index contributed by atoms with van der Waals surface area (Å²) in [4.78, 5) is 9.69. The molecule has 24 heavy (non-hydrogen) atoms. The Balaban J connectivity index is 1.45. The number of para-hydroxylation sites is 2. The lowest BCUT2D eigenvalue weighted by Gasteiger charge is -2.29. The molecule has 0 saturated carbocycles. The number of rotatable bonds is 4. The minimum atomic E-state index is -0.194. The second kappa shape index (κ2) is 6.49. The number of aromatic amines is 1. The van der Waals surface area contributed by atoms with E-state index in [0.29, 0.717) is 31.4 Å². The van der Waals surface area contributed by atoms with E-state index in [9.17, 15) is 4.39 Å². The zero-order valence-corrected chi connectivity index (χ0v) is 13.3. The number of benzene rings is 2. The summed E-state index contributed by atoms with van der Waals surface area (Å²) in [6, 6.07) is 13.2. The highest BCUT2D eigenvalue weighted by Crippen LogP contribution is 2.22. The molecule has 3 aromatic rings. The highest BCUT2D eigenvalue weighted by molar-refractivity contribution is 5.77. The highest BCUT2D eigenvalue weighted by atomic mass is 19.1. The second-order valence-corrected chi connectivity index (χ2v) is 5.84. The Bertz CT molecular complexity index is 809. The van der Waals surface area contributed by atoms with Crippen molar-refractivity contribution in [3.05, 3.63) is 53.8 Å². The SMILES string of the molecule is Fc1cc(CNc2nc3ccccc3[nH]2)ccc1N1CCOCC1. The highest BCUT2D eigenvalue weighted by Gasteiger charge is 2.15. The van der Waals surface area contributed by atoms with Gasteiger partial charge in [-0.2, -0.15) is 0 Å². The van der Waals surface area contributed by atoms with Crippen molar-refractivity contribution in [1.29, 1.82) is 0 Å². The third-order valence-electron chi connectivity index (χ3n) is 4.21. The standard InChI is InChI=1S/C18H19FN4O/c19-14-11-13(5-6-17(14)23-7-9-24-10-8-23)12-20-18-21-15-3-1-2-4-16(15)22-18/h1-6,11H,7-10,12H2,(H2,20,21,22). The van der Waals surface area contributed by atoms with E-state index in [-0.39, 0.29) is 5.82 Å². The summed E-state index contributed by atoms with van der Waals surface area (Å²) < 4.78 is 19.7. The van der Waals surface area contributed by atoms with Crippen LogP contribution in [0.2, 0.25) is 0 Å². The normalized spacial score (nSPS) is 15.0. The van der Waals surface area contributed by atoms with E-state index in [0.717, 1.165) is 29.7 Å². The van der Waals surface area contributed by atoms with Gasteiger partial charge in [0.1, 0.15) is 5.82 Å². The number of H-pyrrole nitrogens is 1. The number of nitrogens with one attached hydrogen (secondary N) is 2. The van der Waals surface area contributed by atoms with Crippen molar-refractivity contribution < 1.29 is 9.13 Å². The van der Waals surface area contributed by atoms with Gasteiger partial charge in [-0.05, 0) is 29.8 Å². The van der Waals surface area contributed by atoms with Gasteiger partial charge in [-0.1, -0.05) is 18.2 Å². The van der Waals surface area contributed by atoms with E-state index in [2.05, 4.69) is 15.3 Å². The molecule has 0 spiro atoms. The molecule has 1 aliphatic rings. The number of hydrogen-bond acceptors (Lipinski definition) is 4. The maximum atomic E-state index is 14.4.